The van der Waals surface area contributed by atoms with E-state index in [0.29, 0.717) is 12.0 Å². The summed E-state index contributed by atoms with van der Waals surface area (Å²) in [6.45, 7) is 0. The number of fused-ring (bicyclic) bond motifs is 1. The van der Waals surface area contributed by atoms with Gasteiger partial charge in [0.1, 0.15) is 0 Å². The van der Waals surface area contributed by atoms with Crippen LogP contribution in [0.1, 0.15) is 45.9 Å². The number of carbonyl (C=O) groups excluding carboxylic acids is 1. The third-order valence-corrected chi connectivity index (χ3v) is 4.77. The maximum Gasteiger partial charge on any atom is 0.335 e. The molecule has 2 aromatic rings. The van der Waals surface area contributed by atoms with Crippen molar-refractivity contribution < 1.29 is 14.7 Å². The van der Waals surface area contributed by atoms with Crippen LogP contribution in [0.25, 0.3) is 0 Å². The zero-order valence-electron chi connectivity index (χ0n) is 13.1. The molecule has 0 saturated heterocycles. The van der Waals surface area contributed by atoms with E-state index in [4.69, 9.17) is 11.6 Å². The number of aromatic carboxylic acids is 1. The van der Waals surface area contributed by atoms with Crippen LogP contribution in [0.4, 0.5) is 0 Å². The molecule has 1 unspecified atom stereocenters. The molecule has 2 aromatic carbocycles. The number of aryl methyl sites for hydroxylation is 1. The molecular formula is C19H18ClNO3. The summed E-state index contributed by atoms with van der Waals surface area (Å²) < 4.78 is 0. The van der Waals surface area contributed by atoms with Gasteiger partial charge in [-0.2, -0.15) is 0 Å². The van der Waals surface area contributed by atoms with Crippen LogP contribution in [0.2, 0.25) is 5.02 Å². The van der Waals surface area contributed by atoms with Crippen LogP contribution in [0.3, 0.4) is 0 Å². The van der Waals surface area contributed by atoms with Crippen LogP contribution in [0.5, 0.6) is 0 Å². The minimum Gasteiger partial charge on any atom is -0.478 e. The first-order valence-electron chi connectivity index (χ1n) is 7.94. The number of carboxylic acid groups (broad SMARTS) is 1. The van der Waals surface area contributed by atoms with Crippen LogP contribution >= 0.6 is 11.6 Å². The van der Waals surface area contributed by atoms with E-state index >= 15 is 0 Å². The van der Waals surface area contributed by atoms with Gasteiger partial charge in [-0.25, -0.2) is 4.79 Å². The molecule has 0 aromatic heterocycles. The zero-order valence-corrected chi connectivity index (χ0v) is 13.8. The molecule has 1 amide bonds. The first-order chi connectivity index (χ1) is 11.6. The zero-order chi connectivity index (χ0) is 17.1. The van der Waals surface area contributed by atoms with Gasteiger partial charge in [-0.1, -0.05) is 41.9 Å². The largest absolute Gasteiger partial charge is 0.478 e. The lowest BCUT2D eigenvalue weighted by Gasteiger charge is -2.14. The summed E-state index contributed by atoms with van der Waals surface area (Å²) in [5.41, 5.74) is 3.13. The lowest BCUT2D eigenvalue weighted by atomic mass is 10.0. The fourth-order valence-electron chi connectivity index (χ4n) is 3.22. The predicted octanol–water partition coefficient (Wildman–Crippen LogP) is 3.77. The normalized spacial score (nSPS) is 15.8. The van der Waals surface area contributed by atoms with Crippen molar-refractivity contribution >= 4 is 23.5 Å². The second-order valence-electron chi connectivity index (χ2n) is 5.93. The predicted molar refractivity (Wildman–Crippen MR) is 92.4 cm³/mol. The summed E-state index contributed by atoms with van der Waals surface area (Å²) in [7, 11) is 0. The number of rotatable bonds is 5. The van der Waals surface area contributed by atoms with E-state index in [9.17, 15) is 14.7 Å². The number of halogens is 1. The van der Waals surface area contributed by atoms with E-state index in [1.165, 1.54) is 0 Å². The van der Waals surface area contributed by atoms with E-state index in [0.717, 1.165) is 29.0 Å². The van der Waals surface area contributed by atoms with Gasteiger partial charge in [0.2, 0.25) is 5.91 Å². The maximum absolute atomic E-state index is 12.3. The molecule has 0 fully saturated rings. The van der Waals surface area contributed by atoms with Crippen molar-refractivity contribution in [2.24, 2.45) is 0 Å². The second-order valence-corrected chi connectivity index (χ2v) is 6.34. The van der Waals surface area contributed by atoms with E-state index in [2.05, 4.69) is 5.32 Å². The van der Waals surface area contributed by atoms with Crippen molar-refractivity contribution in [2.75, 3.05) is 0 Å². The first kappa shape index (κ1) is 16.5. The second kappa shape index (κ2) is 7.05. The summed E-state index contributed by atoms with van der Waals surface area (Å²) in [6, 6.07) is 12.5. The Morgan fingerprint density at radius 2 is 1.96 bits per heavy atom. The Balaban J connectivity index is 1.62. The van der Waals surface area contributed by atoms with Gasteiger partial charge in [-0.15, -0.1) is 0 Å². The third kappa shape index (κ3) is 3.44. The van der Waals surface area contributed by atoms with E-state index < -0.39 is 5.97 Å². The van der Waals surface area contributed by atoms with Crippen molar-refractivity contribution in [1.29, 1.82) is 0 Å². The van der Waals surface area contributed by atoms with Gasteiger partial charge >= 0.3 is 5.97 Å². The number of hydrogen-bond acceptors (Lipinski definition) is 2. The van der Waals surface area contributed by atoms with Gasteiger partial charge in [-0.05, 0) is 48.1 Å². The summed E-state index contributed by atoms with van der Waals surface area (Å²) in [5, 5.41) is 13.0. The number of hydrogen-bond donors (Lipinski definition) is 2. The minimum absolute atomic E-state index is 0.0130. The molecule has 2 N–H and O–H groups in total. The van der Waals surface area contributed by atoms with Gasteiger partial charge < -0.3 is 10.4 Å². The molecule has 1 aliphatic rings. The molecule has 0 bridgehead atoms. The summed E-state index contributed by atoms with van der Waals surface area (Å²) >= 11 is 6.19. The molecule has 0 radical (unpaired) electrons. The molecule has 24 heavy (non-hydrogen) atoms. The van der Waals surface area contributed by atoms with Crippen molar-refractivity contribution in [3.63, 3.8) is 0 Å². The summed E-state index contributed by atoms with van der Waals surface area (Å²) in [4.78, 5) is 23.5. The molecular weight excluding hydrogens is 326 g/mol. The standard InChI is InChI=1S/C19H18ClNO3/c20-16-7-3-6-15-14(16)9-10-17(15)21-18(22)11-8-12-4-1-2-5-13(12)19(23)24/h1-7,17H,8-11H2,(H,21,22)(H,23,24). The van der Waals surface area contributed by atoms with Gasteiger partial charge in [0.05, 0.1) is 11.6 Å². The average molecular weight is 344 g/mol. The molecule has 0 spiro atoms. The van der Waals surface area contributed by atoms with Crippen LogP contribution in [0, 0.1) is 0 Å². The number of carboxylic acids is 1. The maximum atomic E-state index is 12.3. The van der Waals surface area contributed by atoms with Gasteiger partial charge in [0.15, 0.2) is 0 Å². The summed E-state index contributed by atoms with van der Waals surface area (Å²) in [6.07, 6.45) is 2.37. The van der Waals surface area contributed by atoms with E-state index in [1.54, 1.807) is 24.3 Å². The van der Waals surface area contributed by atoms with Gasteiger partial charge in [-0.3, -0.25) is 4.79 Å². The number of nitrogens with one attached hydrogen (secondary N) is 1. The Morgan fingerprint density at radius 3 is 2.75 bits per heavy atom. The van der Waals surface area contributed by atoms with Crippen LogP contribution in [-0.2, 0) is 17.6 Å². The van der Waals surface area contributed by atoms with E-state index in [-0.39, 0.29) is 23.9 Å². The van der Waals surface area contributed by atoms with Crippen LogP contribution in [0.15, 0.2) is 42.5 Å². The molecule has 5 heteroatoms. The average Bonchev–Trinajstić information content (AvgIpc) is 2.97. The fourth-order valence-corrected chi connectivity index (χ4v) is 3.50. The SMILES string of the molecule is O=C(CCc1ccccc1C(=O)O)NC1CCc2c(Cl)cccc21. The molecule has 124 valence electrons. The molecule has 3 rings (SSSR count). The Kier molecular flexibility index (Phi) is 4.86. The Hall–Kier alpha value is -2.33. The highest BCUT2D eigenvalue weighted by Gasteiger charge is 2.25. The number of benzene rings is 2. The quantitative estimate of drug-likeness (QED) is 0.868. The lowest BCUT2D eigenvalue weighted by molar-refractivity contribution is -0.121. The van der Waals surface area contributed by atoms with Crippen molar-refractivity contribution in [2.45, 2.75) is 31.7 Å². The third-order valence-electron chi connectivity index (χ3n) is 4.42. The smallest absolute Gasteiger partial charge is 0.335 e. The van der Waals surface area contributed by atoms with Crippen molar-refractivity contribution in [3.05, 3.63) is 69.7 Å². The molecule has 0 heterocycles. The van der Waals surface area contributed by atoms with Gasteiger partial charge in [0.25, 0.3) is 0 Å². The van der Waals surface area contributed by atoms with Gasteiger partial charge in [0, 0.05) is 11.4 Å². The fraction of sp³-hybridized carbons (Fsp3) is 0.263. The summed E-state index contributed by atoms with van der Waals surface area (Å²) in [5.74, 6) is -1.04. The molecule has 0 saturated carbocycles. The van der Waals surface area contributed by atoms with E-state index in [1.807, 2.05) is 18.2 Å². The highest BCUT2D eigenvalue weighted by atomic mass is 35.5. The number of amides is 1. The number of carbonyl (C=O) groups is 2. The highest BCUT2D eigenvalue weighted by molar-refractivity contribution is 6.31. The van der Waals surface area contributed by atoms with Crippen molar-refractivity contribution in [3.8, 4) is 0 Å². The Bertz CT molecular complexity index is 788. The Labute approximate surface area is 145 Å². The Morgan fingerprint density at radius 1 is 1.17 bits per heavy atom. The first-order valence-corrected chi connectivity index (χ1v) is 8.32. The molecule has 1 atom stereocenters. The minimum atomic E-state index is -0.967. The topological polar surface area (TPSA) is 66.4 Å². The molecule has 4 nitrogen and oxygen atoms in total. The van der Waals surface area contributed by atoms with Crippen LogP contribution < -0.4 is 5.32 Å². The molecule has 0 aliphatic heterocycles. The van der Waals surface area contributed by atoms with Crippen LogP contribution in [-0.4, -0.2) is 17.0 Å². The lowest BCUT2D eigenvalue weighted by Crippen LogP contribution is -2.27. The highest BCUT2D eigenvalue weighted by Crippen LogP contribution is 2.35. The molecule has 1 aliphatic carbocycles. The van der Waals surface area contributed by atoms with Crippen molar-refractivity contribution in [1.82, 2.24) is 5.32 Å². The monoisotopic (exact) mass is 343 g/mol.